The van der Waals surface area contributed by atoms with Crippen LogP contribution in [0.4, 0.5) is 18.9 Å². The molecule has 0 bridgehead atoms. The molecule has 1 aromatic carbocycles. The average Bonchev–Trinajstić information content (AvgIpc) is 2.16. The molecule has 0 aliphatic carbocycles. The van der Waals surface area contributed by atoms with Crippen molar-refractivity contribution in [2.45, 2.75) is 5.51 Å². The number of sulfonamides is 1. The van der Waals surface area contributed by atoms with E-state index in [4.69, 9.17) is 5.26 Å². The van der Waals surface area contributed by atoms with Crippen LogP contribution in [0.15, 0.2) is 24.3 Å². The normalized spacial score (nSPS) is 11.9. The van der Waals surface area contributed by atoms with Crippen LogP contribution in [0.3, 0.4) is 0 Å². The van der Waals surface area contributed by atoms with Gasteiger partial charge in [0.15, 0.2) is 0 Å². The zero-order chi connectivity index (χ0) is 12.4. The first-order valence-corrected chi connectivity index (χ1v) is 5.34. The zero-order valence-corrected chi connectivity index (χ0v) is 8.43. The first-order valence-electron chi connectivity index (χ1n) is 3.85. The van der Waals surface area contributed by atoms with Gasteiger partial charge in [-0.05, 0) is 24.3 Å². The van der Waals surface area contributed by atoms with E-state index >= 15 is 0 Å². The molecule has 1 N–H and O–H groups in total. The number of rotatable bonds is 2. The molecule has 0 aromatic heterocycles. The lowest BCUT2D eigenvalue weighted by molar-refractivity contribution is -0.0429. The molecule has 0 aliphatic heterocycles. The van der Waals surface area contributed by atoms with E-state index in [1.54, 1.807) is 6.07 Å². The summed E-state index contributed by atoms with van der Waals surface area (Å²) in [6, 6.07) is 6.30. The maximum Gasteiger partial charge on any atom is 0.516 e. The maximum absolute atomic E-state index is 12.0. The van der Waals surface area contributed by atoms with Crippen LogP contribution in [0.5, 0.6) is 0 Å². The first-order chi connectivity index (χ1) is 7.26. The monoisotopic (exact) mass is 250 g/mol. The van der Waals surface area contributed by atoms with Crippen LogP contribution in [0.25, 0.3) is 0 Å². The van der Waals surface area contributed by atoms with Crippen molar-refractivity contribution in [3.8, 4) is 6.07 Å². The van der Waals surface area contributed by atoms with E-state index in [0.29, 0.717) is 0 Å². The van der Waals surface area contributed by atoms with Crippen LogP contribution in [-0.2, 0) is 10.0 Å². The number of anilines is 1. The lowest BCUT2D eigenvalue weighted by Crippen LogP contribution is -2.29. The lowest BCUT2D eigenvalue weighted by atomic mass is 10.2. The van der Waals surface area contributed by atoms with Crippen LogP contribution >= 0.6 is 0 Å². The molecular formula is C8H5F3N2O2S. The summed E-state index contributed by atoms with van der Waals surface area (Å²) < 4.78 is 58.6. The fourth-order valence-corrected chi connectivity index (χ4v) is 1.39. The van der Waals surface area contributed by atoms with Crippen molar-refractivity contribution < 1.29 is 21.6 Å². The number of nitrogens with one attached hydrogen (secondary N) is 1. The van der Waals surface area contributed by atoms with E-state index in [2.05, 4.69) is 0 Å². The summed E-state index contributed by atoms with van der Waals surface area (Å²) in [6.07, 6.45) is 0. The van der Waals surface area contributed by atoms with Crippen molar-refractivity contribution in [1.82, 2.24) is 0 Å². The van der Waals surface area contributed by atoms with Crippen molar-refractivity contribution >= 4 is 15.7 Å². The Morgan fingerprint density at radius 3 is 2.06 bits per heavy atom. The van der Waals surface area contributed by atoms with Gasteiger partial charge in [0.1, 0.15) is 0 Å². The molecule has 4 nitrogen and oxygen atoms in total. The highest BCUT2D eigenvalue weighted by Crippen LogP contribution is 2.25. The van der Waals surface area contributed by atoms with Gasteiger partial charge < -0.3 is 0 Å². The molecule has 0 atom stereocenters. The van der Waals surface area contributed by atoms with Crippen molar-refractivity contribution in [3.05, 3.63) is 29.8 Å². The molecule has 0 aliphatic rings. The van der Waals surface area contributed by atoms with Gasteiger partial charge in [0, 0.05) is 5.69 Å². The minimum atomic E-state index is -5.40. The summed E-state index contributed by atoms with van der Waals surface area (Å²) in [7, 11) is -5.40. The van der Waals surface area contributed by atoms with E-state index in [1.807, 2.05) is 0 Å². The number of hydrogen-bond acceptors (Lipinski definition) is 3. The van der Waals surface area contributed by atoms with Crippen LogP contribution < -0.4 is 4.72 Å². The summed E-state index contributed by atoms with van der Waals surface area (Å²) in [5.41, 5.74) is -5.40. The van der Waals surface area contributed by atoms with Gasteiger partial charge in [-0.15, -0.1) is 0 Å². The van der Waals surface area contributed by atoms with Gasteiger partial charge in [-0.2, -0.15) is 26.9 Å². The molecule has 0 fully saturated rings. The highest BCUT2D eigenvalue weighted by Gasteiger charge is 2.45. The first kappa shape index (κ1) is 12.3. The molecule has 0 spiro atoms. The number of hydrogen-bond donors (Lipinski definition) is 1. The molecule has 0 unspecified atom stereocenters. The smallest absolute Gasteiger partial charge is 0.276 e. The number of halogens is 3. The second kappa shape index (κ2) is 4.02. The molecule has 0 saturated heterocycles. The molecular weight excluding hydrogens is 245 g/mol. The molecule has 1 rings (SSSR count). The van der Waals surface area contributed by atoms with Gasteiger partial charge in [0.05, 0.1) is 11.6 Å². The summed E-state index contributed by atoms with van der Waals surface area (Å²) >= 11 is 0. The predicted molar refractivity (Wildman–Crippen MR) is 49.8 cm³/mol. The van der Waals surface area contributed by atoms with Crippen LogP contribution in [-0.4, -0.2) is 13.9 Å². The molecule has 8 heteroatoms. The Bertz CT molecular complexity index is 514. The van der Waals surface area contributed by atoms with Crippen molar-refractivity contribution in [3.63, 3.8) is 0 Å². The molecule has 1 aromatic rings. The largest absolute Gasteiger partial charge is 0.516 e. The van der Waals surface area contributed by atoms with Gasteiger partial charge in [-0.3, -0.25) is 4.72 Å². The Kier molecular flexibility index (Phi) is 3.09. The van der Waals surface area contributed by atoms with E-state index in [0.717, 1.165) is 12.1 Å². The van der Waals surface area contributed by atoms with Gasteiger partial charge in [0.2, 0.25) is 0 Å². The molecule has 16 heavy (non-hydrogen) atoms. The van der Waals surface area contributed by atoms with Gasteiger partial charge in [-0.25, -0.2) is 0 Å². The number of alkyl halides is 3. The number of benzene rings is 1. The number of nitriles is 1. The van der Waals surface area contributed by atoms with E-state index in [-0.39, 0.29) is 11.3 Å². The minimum absolute atomic E-state index is 0.218. The minimum Gasteiger partial charge on any atom is -0.276 e. The Morgan fingerprint density at radius 2 is 1.69 bits per heavy atom. The van der Waals surface area contributed by atoms with E-state index in [1.165, 1.54) is 16.9 Å². The Labute approximate surface area is 89.4 Å². The maximum atomic E-state index is 12.0. The second-order valence-corrected chi connectivity index (χ2v) is 4.41. The third-order valence-electron chi connectivity index (χ3n) is 1.57. The molecule has 86 valence electrons. The van der Waals surface area contributed by atoms with E-state index < -0.39 is 15.5 Å². The highest BCUT2D eigenvalue weighted by molar-refractivity contribution is 7.93. The van der Waals surface area contributed by atoms with Crippen molar-refractivity contribution in [2.24, 2.45) is 0 Å². The van der Waals surface area contributed by atoms with E-state index in [9.17, 15) is 21.6 Å². The summed E-state index contributed by atoms with van der Waals surface area (Å²) in [6.45, 7) is 0. The molecule has 0 heterocycles. The number of nitrogens with zero attached hydrogens (tertiary/aromatic N) is 1. The van der Waals surface area contributed by atoms with Crippen molar-refractivity contribution in [1.29, 1.82) is 5.26 Å². The Hall–Kier alpha value is -1.75. The quantitative estimate of drug-likeness (QED) is 0.870. The standard InChI is InChI=1S/C8H5F3N2O2S/c9-8(10,11)16(14,15)13-7-3-1-6(5-12)2-4-7/h1-4,13H. The summed E-state index contributed by atoms with van der Waals surface area (Å²) in [5.74, 6) is 0. The SMILES string of the molecule is N#Cc1ccc(NS(=O)(=O)C(F)(F)F)cc1. The highest BCUT2D eigenvalue weighted by atomic mass is 32.2. The Balaban J connectivity index is 2.95. The zero-order valence-electron chi connectivity index (χ0n) is 7.62. The topological polar surface area (TPSA) is 70.0 Å². The molecule has 0 saturated carbocycles. The van der Waals surface area contributed by atoms with Gasteiger partial charge in [-0.1, -0.05) is 0 Å². The predicted octanol–water partition coefficient (Wildman–Crippen LogP) is 1.82. The van der Waals surface area contributed by atoms with Crippen LogP contribution in [0.2, 0.25) is 0 Å². The van der Waals surface area contributed by atoms with Gasteiger partial charge >= 0.3 is 15.5 Å². The van der Waals surface area contributed by atoms with Gasteiger partial charge in [0.25, 0.3) is 0 Å². The summed E-state index contributed by atoms with van der Waals surface area (Å²) in [4.78, 5) is 0. The molecule has 0 radical (unpaired) electrons. The summed E-state index contributed by atoms with van der Waals surface area (Å²) in [5, 5.41) is 8.42. The average molecular weight is 250 g/mol. The third kappa shape index (κ3) is 2.64. The fraction of sp³-hybridized carbons (Fsp3) is 0.125. The third-order valence-corrected chi connectivity index (χ3v) is 2.68. The lowest BCUT2D eigenvalue weighted by Gasteiger charge is -2.10. The fourth-order valence-electron chi connectivity index (χ4n) is 0.826. The van der Waals surface area contributed by atoms with Crippen LogP contribution in [0, 0.1) is 11.3 Å². The second-order valence-electron chi connectivity index (χ2n) is 2.74. The van der Waals surface area contributed by atoms with Crippen LogP contribution in [0.1, 0.15) is 5.56 Å². The Morgan fingerprint density at radius 1 is 1.19 bits per heavy atom. The molecule has 0 amide bonds. The van der Waals surface area contributed by atoms with Crippen molar-refractivity contribution in [2.75, 3.05) is 4.72 Å².